The number of fused-ring (bicyclic) bond motifs is 1. The Hall–Kier alpha value is -1.31. The molecular weight excluding hydrogens is 273 g/mol. The monoisotopic (exact) mass is 301 g/mol. The van der Waals surface area contributed by atoms with Gasteiger partial charge in [-0.3, -0.25) is 0 Å². The minimum atomic E-state index is -0.662. The van der Waals surface area contributed by atoms with E-state index in [1.807, 2.05) is 0 Å². The molecule has 1 aromatic heterocycles. The Kier molecular flexibility index (Phi) is 4.85. The smallest absolute Gasteiger partial charge is 0.107 e. The van der Waals surface area contributed by atoms with E-state index in [9.17, 15) is 4.39 Å². The van der Waals surface area contributed by atoms with Gasteiger partial charge in [0.15, 0.2) is 0 Å². The molecule has 1 aliphatic rings. The van der Waals surface area contributed by atoms with E-state index in [0.717, 1.165) is 32.2 Å². The van der Waals surface area contributed by atoms with Crippen molar-refractivity contribution in [1.82, 2.24) is 4.57 Å². The van der Waals surface area contributed by atoms with Crippen molar-refractivity contribution in [3.8, 4) is 0 Å². The van der Waals surface area contributed by atoms with E-state index in [0.29, 0.717) is 0 Å². The van der Waals surface area contributed by atoms with Crippen LogP contribution < -0.4 is 0 Å². The van der Waals surface area contributed by atoms with Crippen LogP contribution in [0.25, 0.3) is 10.9 Å². The minimum Gasteiger partial charge on any atom is -0.345 e. The molecule has 2 atom stereocenters. The van der Waals surface area contributed by atoms with Gasteiger partial charge >= 0.3 is 0 Å². The summed E-state index contributed by atoms with van der Waals surface area (Å²) < 4.78 is 17.1. The average Bonchev–Trinajstić information content (AvgIpc) is 2.86. The van der Waals surface area contributed by atoms with Crippen LogP contribution in [0.5, 0.6) is 0 Å². The second-order valence-electron chi connectivity index (χ2n) is 6.63. The van der Waals surface area contributed by atoms with Gasteiger partial charge in [-0.2, -0.15) is 0 Å². The van der Waals surface area contributed by atoms with Gasteiger partial charge in [0.25, 0.3) is 0 Å². The summed E-state index contributed by atoms with van der Waals surface area (Å²) in [7, 11) is 0. The predicted octanol–water partition coefficient (Wildman–Crippen LogP) is 6.00. The van der Waals surface area contributed by atoms with Crippen LogP contribution in [0.3, 0.4) is 0 Å². The molecule has 22 heavy (non-hydrogen) atoms. The highest BCUT2D eigenvalue weighted by Crippen LogP contribution is 2.42. The van der Waals surface area contributed by atoms with Crippen molar-refractivity contribution < 1.29 is 4.39 Å². The third-order valence-corrected chi connectivity index (χ3v) is 5.26. The van der Waals surface area contributed by atoms with Crippen LogP contribution in [0.1, 0.15) is 69.5 Å². The van der Waals surface area contributed by atoms with Crippen LogP contribution >= 0.6 is 0 Å². The van der Waals surface area contributed by atoms with E-state index in [1.165, 1.54) is 41.4 Å². The van der Waals surface area contributed by atoms with Crippen LogP contribution in [0.15, 0.2) is 24.3 Å². The lowest BCUT2D eigenvalue weighted by molar-refractivity contribution is 0.216. The Bertz CT molecular complexity index is 628. The van der Waals surface area contributed by atoms with Crippen molar-refractivity contribution in [3.63, 3.8) is 0 Å². The number of unbranched alkanes of at least 4 members (excludes halogenated alkanes) is 1. The molecule has 2 heteroatoms. The number of hydrogen-bond donors (Lipinski definition) is 0. The highest BCUT2D eigenvalue weighted by molar-refractivity contribution is 5.86. The maximum Gasteiger partial charge on any atom is 0.107 e. The van der Waals surface area contributed by atoms with Gasteiger partial charge in [-0.15, -0.1) is 0 Å². The first-order chi connectivity index (χ1) is 10.8. The Morgan fingerprint density at radius 1 is 1.14 bits per heavy atom. The number of alkyl halides is 1. The number of hydrogen-bond acceptors (Lipinski definition) is 0. The molecule has 0 N–H and O–H groups in total. The first-order valence-corrected chi connectivity index (χ1v) is 9.02. The van der Waals surface area contributed by atoms with Gasteiger partial charge < -0.3 is 4.57 Å². The summed E-state index contributed by atoms with van der Waals surface area (Å²) >= 11 is 0. The van der Waals surface area contributed by atoms with Crippen molar-refractivity contribution in [1.29, 1.82) is 0 Å². The molecule has 2 unspecified atom stereocenters. The summed E-state index contributed by atoms with van der Waals surface area (Å²) in [4.78, 5) is 0. The number of aryl methyl sites for hydroxylation is 1. The summed E-state index contributed by atoms with van der Waals surface area (Å²) in [5.41, 5.74) is 4.03. The number of para-hydroxylation sites is 1. The zero-order chi connectivity index (χ0) is 15.5. The molecule has 0 radical (unpaired) electrons. The maximum absolute atomic E-state index is 14.7. The summed E-state index contributed by atoms with van der Waals surface area (Å²) in [6.07, 6.45) is 6.77. The van der Waals surface area contributed by atoms with Crippen molar-refractivity contribution in [3.05, 3.63) is 35.5 Å². The average molecular weight is 301 g/mol. The fourth-order valence-electron chi connectivity index (χ4n) is 4.18. The lowest BCUT2D eigenvalue weighted by Crippen LogP contribution is -2.20. The molecule has 0 amide bonds. The number of aromatic nitrogens is 1. The molecule has 1 fully saturated rings. The van der Waals surface area contributed by atoms with Crippen LogP contribution in [0.2, 0.25) is 0 Å². The Balaban J connectivity index is 2.16. The number of benzene rings is 1. The van der Waals surface area contributed by atoms with Crippen LogP contribution in [-0.2, 0) is 13.0 Å². The Labute approximate surface area is 133 Å². The van der Waals surface area contributed by atoms with Gasteiger partial charge in [0.2, 0.25) is 0 Å². The molecule has 0 saturated heterocycles. The molecule has 0 bridgehead atoms. The summed E-state index contributed by atoms with van der Waals surface area (Å²) in [5.74, 6) is 0.110. The zero-order valence-electron chi connectivity index (χ0n) is 13.9. The summed E-state index contributed by atoms with van der Waals surface area (Å²) in [5, 5.41) is 1.30. The summed E-state index contributed by atoms with van der Waals surface area (Å²) in [6, 6.07) is 8.61. The number of halogens is 1. The van der Waals surface area contributed by atoms with E-state index in [1.54, 1.807) is 0 Å². The highest BCUT2D eigenvalue weighted by Gasteiger charge is 2.31. The van der Waals surface area contributed by atoms with E-state index in [2.05, 4.69) is 42.7 Å². The van der Waals surface area contributed by atoms with Gasteiger partial charge in [-0.1, -0.05) is 44.4 Å². The van der Waals surface area contributed by atoms with E-state index < -0.39 is 6.17 Å². The molecule has 2 aromatic rings. The van der Waals surface area contributed by atoms with E-state index in [4.69, 9.17) is 0 Å². The first-order valence-electron chi connectivity index (χ1n) is 9.02. The molecule has 0 aliphatic heterocycles. The van der Waals surface area contributed by atoms with Gasteiger partial charge in [0.1, 0.15) is 6.17 Å². The SMILES string of the molecule is CCCCc1c(C2CCCCC2F)c2ccccc2n1CC. The van der Waals surface area contributed by atoms with Gasteiger partial charge in [-0.05, 0) is 44.2 Å². The fourth-order valence-corrected chi connectivity index (χ4v) is 4.18. The Morgan fingerprint density at radius 2 is 1.91 bits per heavy atom. The predicted molar refractivity (Wildman–Crippen MR) is 92.3 cm³/mol. The van der Waals surface area contributed by atoms with E-state index in [-0.39, 0.29) is 5.92 Å². The molecular formula is C20H28FN. The molecule has 1 aromatic carbocycles. The molecule has 3 rings (SSSR count). The summed E-state index contributed by atoms with van der Waals surface area (Å²) in [6.45, 7) is 5.42. The van der Waals surface area contributed by atoms with E-state index >= 15 is 0 Å². The quantitative estimate of drug-likeness (QED) is 0.638. The second kappa shape index (κ2) is 6.85. The normalized spacial score (nSPS) is 22.3. The van der Waals surface area contributed by atoms with Gasteiger partial charge in [0.05, 0.1) is 0 Å². The Morgan fingerprint density at radius 3 is 2.64 bits per heavy atom. The molecule has 0 spiro atoms. The topological polar surface area (TPSA) is 4.93 Å². The third kappa shape index (κ3) is 2.68. The number of nitrogens with zero attached hydrogens (tertiary/aromatic N) is 1. The van der Waals surface area contributed by atoms with Gasteiger partial charge in [0, 0.05) is 29.1 Å². The van der Waals surface area contributed by atoms with Crippen molar-refractivity contribution in [2.75, 3.05) is 0 Å². The molecule has 1 nitrogen and oxygen atoms in total. The van der Waals surface area contributed by atoms with Crippen molar-refractivity contribution >= 4 is 10.9 Å². The molecule has 1 heterocycles. The van der Waals surface area contributed by atoms with Crippen LogP contribution in [0, 0.1) is 0 Å². The van der Waals surface area contributed by atoms with Gasteiger partial charge in [-0.25, -0.2) is 4.39 Å². The molecule has 1 aliphatic carbocycles. The fraction of sp³-hybridized carbons (Fsp3) is 0.600. The second-order valence-corrected chi connectivity index (χ2v) is 6.63. The third-order valence-electron chi connectivity index (χ3n) is 5.26. The lowest BCUT2D eigenvalue weighted by atomic mass is 9.80. The standard InChI is InChI=1S/C20H28FN/c1-3-5-13-19-20(15-10-6-8-12-17(15)21)16-11-7-9-14-18(16)22(19)4-2/h7,9,11,14-15,17H,3-6,8,10,12-13H2,1-2H3. The maximum atomic E-state index is 14.7. The minimum absolute atomic E-state index is 0.110. The largest absolute Gasteiger partial charge is 0.345 e. The van der Waals surface area contributed by atoms with Crippen LogP contribution in [-0.4, -0.2) is 10.7 Å². The molecule has 1 saturated carbocycles. The highest BCUT2D eigenvalue weighted by atomic mass is 19.1. The van der Waals surface area contributed by atoms with Crippen molar-refractivity contribution in [2.24, 2.45) is 0 Å². The number of rotatable bonds is 5. The molecule has 120 valence electrons. The first kappa shape index (κ1) is 15.6. The van der Waals surface area contributed by atoms with Crippen LogP contribution in [0.4, 0.5) is 4.39 Å². The van der Waals surface area contributed by atoms with Crippen molar-refractivity contribution in [2.45, 2.75) is 77.4 Å². The lowest BCUT2D eigenvalue weighted by Gasteiger charge is -2.27. The zero-order valence-corrected chi connectivity index (χ0v) is 13.9.